The van der Waals surface area contributed by atoms with Gasteiger partial charge in [-0.3, -0.25) is 0 Å². The van der Waals surface area contributed by atoms with Crippen molar-refractivity contribution in [1.29, 1.82) is 0 Å². The zero-order valence-corrected chi connectivity index (χ0v) is 17.5. The lowest BCUT2D eigenvalue weighted by atomic mass is 9.90. The molecule has 7 heteroatoms. The van der Waals surface area contributed by atoms with Crippen LogP contribution in [0.2, 0.25) is 0 Å². The van der Waals surface area contributed by atoms with Gasteiger partial charge < -0.3 is 25.2 Å². The van der Waals surface area contributed by atoms with Crippen molar-refractivity contribution in [2.75, 3.05) is 69.0 Å². The Hall–Kier alpha value is -2.54. The van der Waals surface area contributed by atoms with Gasteiger partial charge in [0.2, 0.25) is 5.95 Å². The quantitative estimate of drug-likeness (QED) is 0.831. The Morgan fingerprint density at radius 2 is 1.59 bits per heavy atom. The van der Waals surface area contributed by atoms with Crippen LogP contribution in [0.4, 0.5) is 17.6 Å². The van der Waals surface area contributed by atoms with E-state index in [0.717, 1.165) is 75.9 Å². The second-order valence-corrected chi connectivity index (χ2v) is 8.18. The van der Waals surface area contributed by atoms with Gasteiger partial charge in [0.05, 0.1) is 7.11 Å². The first-order valence-corrected chi connectivity index (χ1v) is 10.6. The molecule has 29 heavy (non-hydrogen) atoms. The summed E-state index contributed by atoms with van der Waals surface area (Å²) in [6.45, 7) is 6.05. The van der Waals surface area contributed by atoms with Gasteiger partial charge in [0.15, 0.2) is 0 Å². The first kappa shape index (κ1) is 19.8. The van der Waals surface area contributed by atoms with Crippen LogP contribution >= 0.6 is 0 Å². The zero-order chi connectivity index (χ0) is 20.2. The van der Waals surface area contributed by atoms with Crippen molar-refractivity contribution in [3.05, 3.63) is 35.9 Å². The number of aromatic nitrogens is 2. The lowest BCUT2D eigenvalue weighted by Gasteiger charge is -2.35. The number of rotatable bonds is 5. The van der Waals surface area contributed by atoms with E-state index in [9.17, 15) is 0 Å². The van der Waals surface area contributed by atoms with Crippen LogP contribution < -0.4 is 20.3 Å². The normalized spacial score (nSPS) is 18.8. The van der Waals surface area contributed by atoms with Crippen molar-refractivity contribution in [3.63, 3.8) is 0 Å². The molecule has 0 radical (unpaired) electrons. The van der Waals surface area contributed by atoms with Gasteiger partial charge in [0, 0.05) is 45.3 Å². The Morgan fingerprint density at radius 1 is 0.966 bits per heavy atom. The molecule has 2 aliphatic heterocycles. The van der Waals surface area contributed by atoms with Crippen molar-refractivity contribution >= 4 is 17.6 Å². The van der Waals surface area contributed by atoms with Gasteiger partial charge >= 0.3 is 0 Å². The summed E-state index contributed by atoms with van der Waals surface area (Å²) in [6, 6.07) is 10.5. The Balaban J connectivity index is 1.39. The maximum Gasteiger partial charge on any atom is 0.223 e. The van der Waals surface area contributed by atoms with Crippen molar-refractivity contribution in [2.24, 2.45) is 5.92 Å². The Kier molecular flexibility index (Phi) is 6.04. The molecule has 1 aromatic carbocycles. The minimum atomic E-state index is 0.368. The number of nitrogens with two attached hydrogens (primary N) is 1. The van der Waals surface area contributed by atoms with E-state index in [-0.39, 0.29) is 0 Å². The van der Waals surface area contributed by atoms with Crippen LogP contribution in [-0.4, -0.2) is 68.3 Å². The topological polar surface area (TPSA) is 70.8 Å². The van der Waals surface area contributed by atoms with Crippen LogP contribution in [0.5, 0.6) is 5.75 Å². The molecule has 7 nitrogen and oxygen atoms in total. The standard InChI is InChI=1S/C22H32N6O/c1-26-11-13-28(14-12-26)21-16-20(24-22(23)25-21)27-9-7-17(8-10-27)15-18-5-3-4-6-19(18)29-2/h3-6,16-17H,7-15H2,1-2H3,(H2,23,24,25). The second kappa shape index (κ2) is 8.86. The third kappa shape index (κ3) is 4.72. The lowest BCUT2D eigenvalue weighted by molar-refractivity contribution is 0.312. The van der Waals surface area contributed by atoms with Crippen molar-refractivity contribution < 1.29 is 4.74 Å². The number of hydrogen-bond donors (Lipinski definition) is 1. The summed E-state index contributed by atoms with van der Waals surface area (Å²) in [5.74, 6) is 3.95. The largest absolute Gasteiger partial charge is 0.496 e. The smallest absolute Gasteiger partial charge is 0.223 e. The minimum absolute atomic E-state index is 0.368. The molecule has 1 aromatic heterocycles. The third-order valence-electron chi connectivity index (χ3n) is 6.18. The summed E-state index contributed by atoms with van der Waals surface area (Å²) in [6.07, 6.45) is 3.36. The average Bonchev–Trinajstić information content (AvgIpc) is 2.75. The first-order chi connectivity index (χ1) is 14.1. The summed E-state index contributed by atoms with van der Waals surface area (Å²) in [7, 11) is 3.91. The van der Waals surface area contributed by atoms with E-state index in [4.69, 9.17) is 10.5 Å². The van der Waals surface area contributed by atoms with Crippen LogP contribution in [0.1, 0.15) is 18.4 Å². The molecule has 0 unspecified atom stereocenters. The fourth-order valence-electron chi connectivity index (χ4n) is 4.35. The lowest BCUT2D eigenvalue weighted by Crippen LogP contribution is -2.45. The maximum absolute atomic E-state index is 6.06. The summed E-state index contributed by atoms with van der Waals surface area (Å²) in [4.78, 5) is 16.1. The van der Waals surface area contributed by atoms with Crippen LogP contribution in [0.25, 0.3) is 0 Å². The SMILES string of the molecule is COc1ccccc1CC1CCN(c2cc(N3CCN(C)CC3)nc(N)n2)CC1. The molecule has 2 fully saturated rings. The first-order valence-electron chi connectivity index (χ1n) is 10.6. The van der Waals surface area contributed by atoms with E-state index in [1.807, 2.05) is 12.1 Å². The van der Waals surface area contributed by atoms with E-state index in [1.165, 1.54) is 5.56 Å². The van der Waals surface area contributed by atoms with E-state index in [2.05, 4.69) is 49.9 Å². The van der Waals surface area contributed by atoms with Crippen LogP contribution in [0, 0.1) is 5.92 Å². The van der Waals surface area contributed by atoms with E-state index >= 15 is 0 Å². The number of piperidine rings is 1. The van der Waals surface area contributed by atoms with Gasteiger partial charge in [0.25, 0.3) is 0 Å². The molecular formula is C22H32N6O. The maximum atomic E-state index is 6.06. The number of benzene rings is 1. The highest BCUT2D eigenvalue weighted by Gasteiger charge is 2.23. The van der Waals surface area contributed by atoms with Gasteiger partial charge in [0.1, 0.15) is 17.4 Å². The summed E-state index contributed by atoms with van der Waals surface area (Å²) in [5.41, 5.74) is 7.36. The van der Waals surface area contributed by atoms with Crippen LogP contribution in [-0.2, 0) is 6.42 Å². The predicted molar refractivity (Wildman–Crippen MR) is 118 cm³/mol. The zero-order valence-electron chi connectivity index (χ0n) is 17.5. The molecule has 0 aliphatic carbocycles. The molecule has 2 aliphatic rings. The van der Waals surface area contributed by atoms with E-state index < -0.39 is 0 Å². The number of piperazine rings is 1. The molecule has 0 amide bonds. The second-order valence-electron chi connectivity index (χ2n) is 8.18. The summed E-state index contributed by atoms with van der Waals surface area (Å²) >= 11 is 0. The molecule has 2 saturated heterocycles. The number of para-hydroxylation sites is 1. The molecule has 0 spiro atoms. The molecule has 0 saturated carbocycles. The number of likely N-dealkylation sites (N-methyl/N-ethyl adjacent to an activating group) is 1. The molecule has 156 valence electrons. The Bertz CT molecular complexity index is 813. The fraction of sp³-hybridized carbons (Fsp3) is 0.545. The van der Waals surface area contributed by atoms with Gasteiger partial charge in [-0.2, -0.15) is 9.97 Å². The number of methoxy groups -OCH3 is 1. The van der Waals surface area contributed by atoms with Crippen LogP contribution in [0.3, 0.4) is 0 Å². The van der Waals surface area contributed by atoms with Crippen LogP contribution in [0.15, 0.2) is 30.3 Å². The monoisotopic (exact) mass is 396 g/mol. The summed E-state index contributed by atoms with van der Waals surface area (Å²) < 4.78 is 5.52. The molecule has 2 aromatic rings. The highest BCUT2D eigenvalue weighted by molar-refractivity contribution is 5.54. The molecular weight excluding hydrogens is 364 g/mol. The number of nitrogens with zero attached hydrogens (tertiary/aromatic N) is 5. The molecule has 2 N–H and O–H groups in total. The van der Waals surface area contributed by atoms with Crippen molar-refractivity contribution in [1.82, 2.24) is 14.9 Å². The highest BCUT2D eigenvalue weighted by Crippen LogP contribution is 2.29. The number of ether oxygens (including phenoxy) is 1. The number of nitrogen functional groups attached to an aromatic ring is 1. The Morgan fingerprint density at radius 3 is 2.24 bits per heavy atom. The van der Waals surface area contributed by atoms with Gasteiger partial charge in [-0.05, 0) is 43.9 Å². The van der Waals surface area contributed by atoms with Gasteiger partial charge in [-0.1, -0.05) is 18.2 Å². The average molecular weight is 397 g/mol. The molecule has 4 rings (SSSR count). The van der Waals surface area contributed by atoms with Crippen molar-refractivity contribution in [2.45, 2.75) is 19.3 Å². The van der Waals surface area contributed by atoms with E-state index in [0.29, 0.717) is 11.9 Å². The highest BCUT2D eigenvalue weighted by atomic mass is 16.5. The van der Waals surface area contributed by atoms with Gasteiger partial charge in [-0.25, -0.2) is 0 Å². The fourth-order valence-corrected chi connectivity index (χ4v) is 4.35. The molecule has 0 atom stereocenters. The predicted octanol–water partition coefficient (Wildman–Crippen LogP) is 2.28. The molecule has 3 heterocycles. The molecule has 0 bridgehead atoms. The number of anilines is 3. The van der Waals surface area contributed by atoms with Gasteiger partial charge in [-0.15, -0.1) is 0 Å². The minimum Gasteiger partial charge on any atom is -0.496 e. The summed E-state index contributed by atoms with van der Waals surface area (Å²) in [5, 5.41) is 0. The van der Waals surface area contributed by atoms with Crippen molar-refractivity contribution in [3.8, 4) is 5.75 Å². The third-order valence-corrected chi connectivity index (χ3v) is 6.18. The number of hydrogen-bond acceptors (Lipinski definition) is 7. The Labute approximate surface area is 173 Å². The van der Waals surface area contributed by atoms with E-state index in [1.54, 1.807) is 7.11 Å².